The van der Waals surface area contributed by atoms with Crippen molar-refractivity contribution in [2.45, 2.75) is 45.3 Å². The summed E-state index contributed by atoms with van der Waals surface area (Å²) in [5.74, 6) is -0.485. The molecule has 0 aliphatic carbocycles. The number of carbonyl (C=O) groups is 2. The molecule has 0 bridgehead atoms. The number of nitrogens with zero attached hydrogens (tertiary/aromatic N) is 4. The van der Waals surface area contributed by atoms with Crippen molar-refractivity contribution in [2.75, 3.05) is 39.3 Å². The van der Waals surface area contributed by atoms with Gasteiger partial charge in [0.05, 0.1) is 5.56 Å². The molecule has 34 heavy (non-hydrogen) atoms. The van der Waals surface area contributed by atoms with Crippen molar-refractivity contribution < 1.29 is 14.0 Å². The van der Waals surface area contributed by atoms with Crippen LogP contribution < -0.4 is 5.32 Å². The normalized spacial score (nSPS) is 18.3. The summed E-state index contributed by atoms with van der Waals surface area (Å²) in [6.07, 6.45) is 3.38. The lowest BCUT2D eigenvalue weighted by atomic mass is 10.0. The Hall–Kier alpha value is -2.84. The molecule has 182 valence electrons. The van der Waals surface area contributed by atoms with Gasteiger partial charge in [0, 0.05) is 64.1 Å². The molecule has 2 saturated heterocycles. The molecule has 0 unspecified atom stereocenters. The van der Waals surface area contributed by atoms with Crippen molar-refractivity contribution in [3.63, 3.8) is 0 Å². The van der Waals surface area contributed by atoms with Crippen LogP contribution in [0.1, 0.15) is 53.1 Å². The number of hydrogen-bond acceptors (Lipinski definition) is 5. The highest BCUT2D eigenvalue weighted by Crippen LogP contribution is 2.15. The maximum absolute atomic E-state index is 13.1. The van der Waals surface area contributed by atoms with Crippen LogP contribution in [-0.4, -0.2) is 82.9 Å². The molecule has 1 N–H and O–H groups in total. The van der Waals surface area contributed by atoms with E-state index in [1.54, 1.807) is 24.3 Å². The minimum absolute atomic E-state index is 0.0676. The average Bonchev–Trinajstić information content (AvgIpc) is 2.86. The third kappa shape index (κ3) is 6.18. The van der Waals surface area contributed by atoms with Crippen molar-refractivity contribution in [1.29, 1.82) is 0 Å². The number of pyridine rings is 1. The summed E-state index contributed by atoms with van der Waals surface area (Å²) in [6.45, 7) is 9.86. The fraction of sp³-hybridized carbons (Fsp3) is 0.500. The lowest BCUT2D eigenvalue weighted by Crippen LogP contribution is -2.48. The van der Waals surface area contributed by atoms with Gasteiger partial charge in [-0.3, -0.25) is 19.5 Å². The smallest absolute Gasteiger partial charge is 0.270 e. The number of piperazine rings is 1. The van der Waals surface area contributed by atoms with Gasteiger partial charge in [0.25, 0.3) is 11.8 Å². The van der Waals surface area contributed by atoms with E-state index in [4.69, 9.17) is 0 Å². The van der Waals surface area contributed by atoms with E-state index in [2.05, 4.69) is 33.9 Å². The molecule has 0 atom stereocenters. The number of rotatable bonds is 6. The Kier molecular flexibility index (Phi) is 7.90. The average molecular weight is 468 g/mol. The SMILES string of the molecule is CC(C)N1CCC(NC(=O)c2ccc(C(=O)N3CCN(Cc4ccc(F)cc4)CC3)cn2)CC1. The lowest BCUT2D eigenvalue weighted by molar-refractivity contribution is 0.0627. The van der Waals surface area contributed by atoms with E-state index in [1.165, 1.54) is 18.3 Å². The predicted octanol–water partition coefficient (Wildman–Crippen LogP) is 2.78. The second-order valence-electron chi connectivity index (χ2n) is 9.50. The van der Waals surface area contributed by atoms with Crippen LogP contribution in [0.4, 0.5) is 4.39 Å². The first-order valence-electron chi connectivity index (χ1n) is 12.2. The van der Waals surface area contributed by atoms with Crippen molar-refractivity contribution in [1.82, 2.24) is 25.0 Å². The number of aromatic nitrogens is 1. The van der Waals surface area contributed by atoms with Gasteiger partial charge in [-0.25, -0.2) is 4.39 Å². The van der Waals surface area contributed by atoms with E-state index in [-0.39, 0.29) is 23.7 Å². The minimum atomic E-state index is -0.233. The minimum Gasteiger partial charge on any atom is -0.348 e. The van der Waals surface area contributed by atoms with Gasteiger partial charge in [0.1, 0.15) is 11.5 Å². The van der Waals surface area contributed by atoms with Crippen molar-refractivity contribution in [3.05, 3.63) is 65.2 Å². The van der Waals surface area contributed by atoms with Crippen LogP contribution in [0.15, 0.2) is 42.6 Å². The van der Waals surface area contributed by atoms with Gasteiger partial charge in [-0.1, -0.05) is 12.1 Å². The number of piperidine rings is 1. The molecular formula is C26H34FN5O2. The largest absolute Gasteiger partial charge is 0.348 e. The number of nitrogens with one attached hydrogen (secondary N) is 1. The van der Waals surface area contributed by atoms with Gasteiger partial charge >= 0.3 is 0 Å². The van der Waals surface area contributed by atoms with E-state index in [0.29, 0.717) is 30.4 Å². The van der Waals surface area contributed by atoms with Crippen LogP contribution in [0.3, 0.4) is 0 Å². The molecule has 2 aliphatic rings. The van der Waals surface area contributed by atoms with Crippen LogP contribution in [0, 0.1) is 5.82 Å². The molecule has 4 rings (SSSR count). The van der Waals surface area contributed by atoms with E-state index in [9.17, 15) is 14.0 Å². The third-order valence-electron chi connectivity index (χ3n) is 6.82. The number of carbonyl (C=O) groups excluding carboxylic acids is 2. The summed E-state index contributed by atoms with van der Waals surface area (Å²) in [4.78, 5) is 36.3. The number of benzene rings is 1. The van der Waals surface area contributed by atoms with E-state index < -0.39 is 0 Å². The third-order valence-corrected chi connectivity index (χ3v) is 6.82. The van der Waals surface area contributed by atoms with Gasteiger partial charge in [0.15, 0.2) is 0 Å². The fourth-order valence-corrected chi connectivity index (χ4v) is 4.61. The number of halogens is 1. The summed E-state index contributed by atoms with van der Waals surface area (Å²) >= 11 is 0. The molecule has 2 amide bonds. The monoisotopic (exact) mass is 467 g/mol. The Morgan fingerprint density at radius 2 is 1.68 bits per heavy atom. The first-order chi connectivity index (χ1) is 16.4. The fourth-order valence-electron chi connectivity index (χ4n) is 4.61. The van der Waals surface area contributed by atoms with E-state index in [0.717, 1.165) is 51.1 Å². The summed E-state index contributed by atoms with van der Waals surface area (Å²) in [5.41, 5.74) is 1.89. The molecule has 0 radical (unpaired) electrons. The lowest BCUT2D eigenvalue weighted by Gasteiger charge is -2.35. The molecule has 8 heteroatoms. The topological polar surface area (TPSA) is 68.8 Å². The van der Waals surface area contributed by atoms with Crippen LogP contribution in [0.5, 0.6) is 0 Å². The van der Waals surface area contributed by atoms with Crippen molar-refractivity contribution >= 4 is 11.8 Å². The zero-order valence-electron chi connectivity index (χ0n) is 20.0. The molecule has 0 spiro atoms. The van der Waals surface area contributed by atoms with Crippen LogP contribution in [-0.2, 0) is 6.54 Å². The Balaban J connectivity index is 1.24. The Morgan fingerprint density at radius 1 is 1.00 bits per heavy atom. The number of likely N-dealkylation sites (tertiary alicyclic amines) is 1. The van der Waals surface area contributed by atoms with Gasteiger partial charge in [-0.15, -0.1) is 0 Å². The van der Waals surface area contributed by atoms with Gasteiger partial charge < -0.3 is 15.1 Å². The molecule has 1 aromatic carbocycles. The molecular weight excluding hydrogens is 433 g/mol. The molecule has 2 aliphatic heterocycles. The standard InChI is InChI=1S/C26H34FN5O2/c1-19(2)31-11-9-23(10-12-31)29-25(33)24-8-5-21(17-28-24)26(34)32-15-13-30(14-16-32)18-20-3-6-22(27)7-4-20/h3-8,17,19,23H,9-16,18H2,1-2H3,(H,29,33). The molecule has 3 heterocycles. The molecule has 1 aromatic heterocycles. The molecule has 2 aromatic rings. The maximum Gasteiger partial charge on any atom is 0.270 e. The highest BCUT2D eigenvalue weighted by molar-refractivity contribution is 5.96. The maximum atomic E-state index is 13.1. The van der Waals surface area contributed by atoms with Crippen molar-refractivity contribution in [2.24, 2.45) is 0 Å². The first kappa shape index (κ1) is 24.3. The highest BCUT2D eigenvalue weighted by Gasteiger charge is 2.24. The zero-order chi connectivity index (χ0) is 24.1. The molecule has 0 saturated carbocycles. The van der Waals surface area contributed by atoms with Gasteiger partial charge in [0.2, 0.25) is 0 Å². The first-order valence-corrected chi connectivity index (χ1v) is 12.2. The van der Waals surface area contributed by atoms with E-state index in [1.807, 2.05) is 4.90 Å². The van der Waals surface area contributed by atoms with E-state index >= 15 is 0 Å². The molecule has 2 fully saturated rings. The summed E-state index contributed by atoms with van der Waals surface area (Å²) < 4.78 is 13.1. The van der Waals surface area contributed by atoms with Crippen LogP contribution >= 0.6 is 0 Å². The van der Waals surface area contributed by atoms with Gasteiger partial charge in [-0.2, -0.15) is 0 Å². The summed E-state index contributed by atoms with van der Waals surface area (Å²) in [6, 6.07) is 10.6. The van der Waals surface area contributed by atoms with Crippen molar-refractivity contribution in [3.8, 4) is 0 Å². The number of amides is 2. The second kappa shape index (κ2) is 11.1. The van der Waals surface area contributed by atoms with Crippen LogP contribution in [0.25, 0.3) is 0 Å². The predicted molar refractivity (Wildman–Crippen MR) is 129 cm³/mol. The second-order valence-corrected chi connectivity index (χ2v) is 9.50. The zero-order valence-corrected chi connectivity index (χ0v) is 20.0. The Bertz CT molecular complexity index is 964. The Morgan fingerprint density at radius 3 is 2.26 bits per heavy atom. The number of hydrogen-bond donors (Lipinski definition) is 1. The quantitative estimate of drug-likeness (QED) is 0.708. The Labute approximate surface area is 200 Å². The summed E-state index contributed by atoms with van der Waals surface area (Å²) in [7, 11) is 0. The molecule has 7 nitrogen and oxygen atoms in total. The van der Waals surface area contributed by atoms with Crippen LogP contribution in [0.2, 0.25) is 0 Å². The summed E-state index contributed by atoms with van der Waals surface area (Å²) in [5, 5.41) is 3.08. The highest BCUT2D eigenvalue weighted by atomic mass is 19.1. The van der Waals surface area contributed by atoms with Gasteiger partial charge in [-0.05, 0) is 56.5 Å².